The first kappa shape index (κ1) is 12.8. The molecule has 2 unspecified atom stereocenters. The number of allylic oxidation sites excluding steroid dienone is 1. The average molecular weight is 208 g/mol. The lowest BCUT2D eigenvalue weighted by Crippen LogP contribution is -2.33. The van der Waals surface area contributed by atoms with Gasteiger partial charge >= 0.3 is 0 Å². The van der Waals surface area contributed by atoms with Gasteiger partial charge in [-0.2, -0.15) is 0 Å². The molecule has 0 N–H and O–H groups in total. The third kappa shape index (κ3) is 2.86. The summed E-state index contributed by atoms with van der Waals surface area (Å²) in [5.74, 6) is 2.47. The van der Waals surface area contributed by atoms with Crippen molar-refractivity contribution in [2.45, 2.75) is 60.3 Å². The Morgan fingerprint density at radius 3 is 2.33 bits per heavy atom. The zero-order valence-electron chi connectivity index (χ0n) is 11.3. The highest BCUT2D eigenvalue weighted by atomic mass is 14.4. The molecule has 0 bridgehead atoms. The van der Waals surface area contributed by atoms with Gasteiger partial charge in [-0.3, -0.25) is 0 Å². The Bertz CT molecular complexity index is 222. The molecular weight excluding hydrogens is 180 g/mol. The Morgan fingerprint density at radius 2 is 1.87 bits per heavy atom. The molecule has 0 nitrogen and oxygen atoms in total. The third-order valence-electron chi connectivity index (χ3n) is 4.91. The fraction of sp³-hybridized carbons (Fsp3) is 0.867. The molecule has 0 heteroatoms. The van der Waals surface area contributed by atoms with Crippen LogP contribution in [0.25, 0.3) is 0 Å². The van der Waals surface area contributed by atoms with Gasteiger partial charge in [0.25, 0.3) is 0 Å². The van der Waals surface area contributed by atoms with Crippen LogP contribution in [-0.2, 0) is 0 Å². The Kier molecular flexibility index (Phi) is 4.03. The molecule has 0 amide bonds. The van der Waals surface area contributed by atoms with Crippen LogP contribution in [0, 0.1) is 23.2 Å². The molecule has 0 aliphatic heterocycles. The number of rotatable bonds is 3. The summed E-state index contributed by atoms with van der Waals surface area (Å²) >= 11 is 0. The molecule has 0 spiro atoms. The highest BCUT2D eigenvalue weighted by Gasteiger charge is 2.35. The molecule has 1 rings (SSSR count). The molecule has 2 atom stereocenters. The smallest absolute Gasteiger partial charge is 0.0206 e. The molecule has 0 heterocycles. The molecule has 1 aliphatic carbocycles. The fourth-order valence-electron chi connectivity index (χ4n) is 2.78. The lowest BCUT2D eigenvalue weighted by atomic mass is 9.63. The van der Waals surface area contributed by atoms with E-state index in [1.54, 1.807) is 0 Å². The van der Waals surface area contributed by atoms with E-state index in [4.69, 9.17) is 0 Å². The van der Waals surface area contributed by atoms with E-state index in [1.165, 1.54) is 31.3 Å². The predicted octanol–water partition coefficient (Wildman–Crippen LogP) is 5.05. The average Bonchev–Trinajstić information content (AvgIpc) is 2.17. The van der Waals surface area contributed by atoms with Crippen molar-refractivity contribution in [3.63, 3.8) is 0 Å². The van der Waals surface area contributed by atoms with Crippen LogP contribution in [0.1, 0.15) is 60.3 Å². The van der Waals surface area contributed by atoms with Crippen molar-refractivity contribution in [3.05, 3.63) is 12.2 Å². The normalized spacial score (nSPS) is 28.1. The highest BCUT2D eigenvalue weighted by Crippen LogP contribution is 2.45. The Labute approximate surface area is 96.2 Å². The van der Waals surface area contributed by atoms with Crippen LogP contribution < -0.4 is 0 Å². The molecule has 1 aliphatic rings. The largest absolute Gasteiger partial charge is 0.0999 e. The summed E-state index contributed by atoms with van der Waals surface area (Å²) in [6.07, 6.45) is 5.58. The van der Waals surface area contributed by atoms with Gasteiger partial charge in [-0.05, 0) is 49.4 Å². The summed E-state index contributed by atoms with van der Waals surface area (Å²) < 4.78 is 0. The monoisotopic (exact) mass is 208 g/mol. The van der Waals surface area contributed by atoms with E-state index in [0.29, 0.717) is 5.41 Å². The standard InChI is InChI=1S/C15H28/c1-11(2)13-8-7-9-14(10-13)15(5,6)12(3)4/h12-14H,1,7-10H2,2-6H3. The van der Waals surface area contributed by atoms with Crippen molar-refractivity contribution < 1.29 is 0 Å². The zero-order chi connectivity index (χ0) is 11.6. The molecule has 1 saturated carbocycles. The maximum atomic E-state index is 4.14. The van der Waals surface area contributed by atoms with Crippen LogP contribution in [-0.4, -0.2) is 0 Å². The first-order chi connectivity index (χ1) is 6.85. The van der Waals surface area contributed by atoms with Crippen LogP contribution in [0.4, 0.5) is 0 Å². The van der Waals surface area contributed by atoms with Gasteiger partial charge in [-0.25, -0.2) is 0 Å². The van der Waals surface area contributed by atoms with E-state index < -0.39 is 0 Å². The molecule has 15 heavy (non-hydrogen) atoms. The van der Waals surface area contributed by atoms with Gasteiger partial charge in [0, 0.05) is 0 Å². The van der Waals surface area contributed by atoms with Crippen molar-refractivity contribution in [2.24, 2.45) is 23.2 Å². The maximum Gasteiger partial charge on any atom is -0.0206 e. The SMILES string of the molecule is C=C(C)C1CCCC(C(C)(C)C(C)C)C1. The quantitative estimate of drug-likeness (QED) is 0.569. The molecule has 1 fully saturated rings. The van der Waals surface area contributed by atoms with Crippen molar-refractivity contribution in [3.8, 4) is 0 Å². The molecule has 0 aromatic rings. The van der Waals surface area contributed by atoms with Crippen LogP contribution >= 0.6 is 0 Å². The van der Waals surface area contributed by atoms with Crippen molar-refractivity contribution >= 4 is 0 Å². The fourth-order valence-corrected chi connectivity index (χ4v) is 2.78. The molecule has 0 radical (unpaired) electrons. The minimum atomic E-state index is 0.494. The van der Waals surface area contributed by atoms with E-state index in [-0.39, 0.29) is 0 Å². The molecule has 0 aromatic carbocycles. The minimum absolute atomic E-state index is 0.494. The van der Waals surface area contributed by atoms with E-state index in [2.05, 4.69) is 41.2 Å². The Balaban J connectivity index is 2.67. The summed E-state index contributed by atoms with van der Waals surface area (Å²) in [7, 11) is 0. The van der Waals surface area contributed by atoms with Crippen molar-refractivity contribution in [1.29, 1.82) is 0 Å². The second-order valence-electron chi connectivity index (χ2n) is 6.38. The minimum Gasteiger partial charge on any atom is -0.0999 e. The van der Waals surface area contributed by atoms with Gasteiger partial charge in [0.2, 0.25) is 0 Å². The molecule has 0 saturated heterocycles. The molecule has 88 valence electrons. The summed E-state index contributed by atoms with van der Waals surface area (Å²) in [6.45, 7) is 16.0. The first-order valence-corrected chi connectivity index (χ1v) is 6.51. The van der Waals surface area contributed by atoms with Gasteiger partial charge in [-0.15, -0.1) is 0 Å². The zero-order valence-corrected chi connectivity index (χ0v) is 11.3. The van der Waals surface area contributed by atoms with Crippen LogP contribution in [0.15, 0.2) is 12.2 Å². The van der Waals surface area contributed by atoms with Gasteiger partial charge in [0.1, 0.15) is 0 Å². The third-order valence-corrected chi connectivity index (χ3v) is 4.91. The second-order valence-corrected chi connectivity index (χ2v) is 6.38. The Hall–Kier alpha value is -0.260. The molecular formula is C15H28. The van der Waals surface area contributed by atoms with Gasteiger partial charge < -0.3 is 0 Å². The van der Waals surface area contributed by atoms with E-state index in [9.17, 15) is 0 Å². The predicted molar refractivity (Wildman–Crippen MR) is 68.9 cm³/mol. The van der Waals surface area contributed by atoms with Crippen LogP contribution in [0.5, 0.6) is 0 Å². The molecule has 0 aromatic heterocycles. The van der Waals surface area contributed by atoms with Gasteiger partial charge in [0.15, 0.2) is 0 Å². The summed E-state index contributed by atoms with van der Waals surface area (Å²) in [4.78, 5) is 0. The van der Waals surface area contributed by atoms with E-state index in [0.717, 1.165) is 17.8 Å². The van der Waals surface area contributed by atoms with Crippen molar-refractivity contribution in [1.82, 2.24) is 0 Å². The van der Waals surface area contributed by atoms with E-state index >= 15 is 0 Å². The topological polar surface area (TPSA) is 0 Å². The first-order valence-electron chi connectivity index (χ1n) is 6.51. The van der Waals surface area contributed by atoms with Gasteiger partial charge in [-0.1, -0.05) is 46.3 Å². The van der Waals surface area contributed by atoms with Gasteiger partial charge in [0.05, 0.1) is 0 Å². The second kappa shape index (κ2) is 4.72. The van der Waals surface area contributed by atoms with Crippen molar-refractivity contribution in [2.75, 3.05) is 0 Å². The highest BCUT2D eigenvalue weighted by molar-refractivity contribution is 5.00. The summed E-state index contributed by atoms with van der Waals surface area (Å²) in [6, 6.07) is 0. The van der Waals surface area contributed by atoms with E-state index in [1.807, 2.05) is 0 Å². The number of hydrogen-bond acceptors (Lipinski definition) is 0. The van der Waals surface area contributed by atoms with Crippen LogP contribution in [0.3, 0.4) is 0 Å². The lowest BCUT2D eigenvalue weighted by molar-refractivity contribution is 0.0864. The maximum absolute atomic E-state index is 4.14. The lowest BCUT2D eigenvalue weighted by Gasteiger charge is -2.43. The number of hydrogen-bond donors (Lipinski definition) is 0. The van der Waals surface area contributed by atoms with Crippen LogP contribution in [0.2, 0.25) is 0 Å². The Morgan fingerprint density at radius 1 is 1.27 bits per heavy atom. The summed E-state index contributed by atoms with van der Waals surface area (Å²) in [5.41, 5.74) is 1.90. The summed E-state index contributed by atoms with van der Waals surface area (Å²) in [5, 5.41) is 0.